The van der Waals surface area contributed by atoms with Gasteiger partial charge in [-0.1, -0.05) is 37.3 Å². The quantitative estimate of drug-likeness (QED) is 0.789. The molecule has 1 saturated heterocycles. The second kappa shape index (κ2) is 8.42. The van der Waals surface area contributed by atoms with Crippen molar-refractivity contribution >= 4 is 10.0 Å². The molecule has 1 aliphatic heterocycles. The molecule has 0 spiro atoms. The van der Waals surface area contributed by atoms with Crippen LogP contribution in [0.1, 0.15) is 30.9 Å². The first kappa shape index (κ1) is 19.9. The topological polar surface area (TPSA) is 64.6 Å². The van der Waals surface area contributed by atoms with E-state index in [4.69, 9.17) is 9.47 Å². The van der Waals surface area contributed by atoms with Crippen molar-refractivity contribution < 1.29 is 17.9 Å². The smallest absolute Gasteiger partial charge is 0.240 e. The molecule has 0 atom stereocenters. The number of para-hydroxylation sites is 1. The van der Waals surface area contributed by atoms with Crippen LogP contribution in [-0.2, 0) is 26.6 Å². The molecular weight excluding hydrogens is 362 g/mol. The first-order chi connectivity index (χ1) is 13.0. The summed E-state index contributed by atoms with van der Waals surface area (Å²) in [5, 5.41) is 0. The summed E-state index contributed by atoms with van der Waals surface area (Å²) in [5.74, 6) is 0.783. The van der Waals surface area contributed by atoms with Crippen LogP contribution in [0, 0.1) is 0 Å². The van der Waals surface area contributed by atoms with Gasteiger partial charge in [-0.2, -0.15) is 0 Å². The lowest BCUT2D eigenvalue weighted by atomic mass is 9.74. The number of rotatable bonds is 7. The minimum absolute atomic E-state index is 0.293. The molecule has 1 N–H and O–H groups in total. The fourth-order valence-electron chi connectivity index (χ4n) is 3.61. The summed E-state index contributed by atoms with van der Waals surface area (Å²) in [4.78, 5) is 0.293. The second-order valence-electron chi connectivity index (χ2n) is 6.92. The molecule has 0 bridgehead atoms. The van der Waals surface area contributed by atoms with Gasteiger partial charge in [-0.15, -0.1) is 0 Å². The van der Waals surface area contributed by atoms with Gasteiger partial charge < -0.3 is 9.47 Å². The molecule has 1 heterocycles. The molecule has 0 amide bonds. The molecule has 2 aromatic rings. The predicted octanol–water partition coefficient (Wildman–Crippen LogP) is 3.28. The molecule has 3 rings (SSSR count). The van der Waals surface area contributed by atoms with Crippen LogP contribution in [0.4, 0.5) is 0 Å². The highest BCUT2D eigenvalue weighted by atomic mass is 32.2. The van der Waals surface area contributed by atoms with E-state index in [9.17, 15) is 8.42 Å². The number of nitrogens with one attached hydrogen (secondary N) is 1. The third-order valence-corrected chi connectivity index (χ3v) is 6.79. The van der Waals surface area contributed by atoms with Crippen LogP contribution < -0.4 is 9.46 Å². The highest BCUT2D eigenvalue weighted by Crippen LogP contribution is 2.39. The minimum atomic E-state index is -3.58. The number of benzene rings is 2. The van der Waals surface area contributed by atoms with E-state index >= 15 is 0 Å². The van der Waals surface area contributed by atoms with E-state index in [1.54, 1.807) is 19.2 Å². The molecule has 1 aliphatic rings. The number of methoxy groups -OCH3 is 1. The summed E-state index contributed by atoms with van der Waals surface area (Å²) in [6, 6.07) is 14.9. The molecule has 2 aromatic carbocycles. The van der Waals surface area contributed by atoms with Gasteiger partial charge in [0.15, 0.2) is 0 Å². The molecule has 5 nitrogen and oxygen atoms in total. The summed E-state index contributed by atoms with van der Waals surface area (Å²) in [6.45, 7) is 3.56. The summed E-state index contributed by atoms with van der Waals surface area (Å²) in [6.07, 6.45) is 2.36. The molecular formula is C21H27NO4S. The van der Waals surface area contributed by atoms with Gasteiger partial charge in [0, 0.05) is 30.7 Å². The predicted molar refractivity (Wildman–Crippen MR) is 106 cm³/mol. The Balaban J connectivity index is 1.86. The van der Waals surface area contributed by atoms with Gasteiger partial charge in [-0.25, -0.2) is 13.1 Å². The summed E-state index contributed by atoms with van der Waals surface area (Å²) >= 11 is 0. The first-order valence-electron chi connectivity index (χ1n) is 9.30. The maximum Gasteiger partial charge on any atom is 0.240 e. The second-order valence-corrected chi connectivity index (χ2v) is 8.68. The summed E-state index contributed by atoms with van der Waals surface area (Å²) in [7, 11) is -1.94. The first-order valence-corrected chi connectivity index (χ1v) is 10.8. The number of aryl methyl sites for hydroxylation is 1. The molecule has 0 aromatic heterocycles. The Labute approximate surface area is 161 Å². The minimum Gasteiger partial charge on any atom is -0.496 e. The van der Waals surface area contributed by atoms with E-state index in [0.29, 0.717) is 24.7 Å². The van der Waals surface area contributed by atoms with Gasteiger partial charge in [0.05, 0.1) is 12.0 Å². The average molecular weight is 390 g/mol. The van der Waals surface area contributed by atoms with E-state index < -0.39 is 10.0 Å². The van der Waals surface area contributed by atoms with Crippen molar-refractivity contribution in [1.29, 1.82) is 0 Å². The van der Waals surface area contributed by atoms with Crippen LogP contribution in [0.25, 0.3) is 0 Å². The van der Waals surface area contributed by atoms with E-state index in [1.807, 2.05) is 43.3 Å². The molecule has 0 aliphatic carbocycles. The van der Waals surface area contributed by atoms with Crippen LogP contribution in [0.3, 0.4) is 0 Å². The number of hydrogen-bond donors (Lipinski definition) is 1. The number of sulfonamides is 1. The zero-order valence-corrected chi connectivity index (χ0v) is 16.7. The summed E-state index contributed by atoms with van der Waals surface area (Å²) < 4.78 is 39.6. The maximum absolute atomic E-state index is 12.8. The molecule has 0 unspecified atom stereocenters. The van der Waals surface area contributed by atoms with Crippen molar-refractivity contribution in [3.8, 4) is 5.75 Å². The third-order valence-electron chi connectivity index (χ3n) is 5.37. The lowest BCUT2D eigenvalue weighted by molar-refractivity contribution is 0.0509. The molecule has 27 heavy (non-hydrogen) atoms. The zero-order chi connectivity index (χ0) is 19.3. The Kier molecular flexibility index (Phi) is 6.19. The van der Waals surface area contributed by atoms with Crippen LogP contribution in [0.15, 0.2) is 53.4 Å². The highest BCUT2D eigenvalue weighted by Gasteiger charge is 2.37. The van der Waals surface area contributed by atoms with E-state index in [2.05, 4.69) is 4.72 Å². The van der Waals surface area contributed by atoms with Gasteiger partial charge in [-0.3, -0.25) is 0 Å². The monoisotopic (exact) mass is 389 g/mol. The van der Waals surface area contributed by atoms with Crippen LogP contribution >= 0.6 is 0 Å². The third kappa shape index (κ3) is 4.34. The lowest BCUT2D eigenvalue weighted by Crippen LogP contribution is -2.44. The molecule has 6 heteroatoms. The van der Waals surface area contributed by atoms with Gasteiger partial charge in [0.1, 0.15) is 5.75 Å². The van der Waals surface area contributed by atoms with Crippen molar-refractivity contribution in [1.82, 2.24) is 4.72 Å². The van der Waals surface area contributed by atoms with Crippen LogP contribution in [0.2, 0.25) is 0 Å². The van der Waals surface area contributed by atoms with Gasteiger partial charge >= 0.3 is 0 Å². The Bertz CT molecular complexity index is 856. The van der Waals surface area contributed by atoms with E-state index in [-0.39, 0.29) is 5.41 Å². The van der Waals surface area contributed by atoms with Crippen molar-refractivity contribution in [2.75, 3.05) is 26.9 Å². The Morgan fingerprint density at radius 3 is 2.37 bits per heavy atom. The Hall–Kier alpha value is -1.89. The van der Waals surface area contributed by atoms with Crippen molar-refractivity contribution in [2.24, 2.45) is 0 Å². The van der Waals surface area contributed by atoms with Gasteiger partial charge in [0.2, 0.25) is 10.0 Å². The fraction of sp³-hybridized carbons (Fsp3) is 0.429. The average Bonchev–Trinajstić information content (AvgIpc) is 2.73. The highest BCUT2D eigenvalue weighted by molar-refractivity contribution is 7.89. The Morgan fingerprint density at radius 2 is 1.74 bits per heavy atom. The maximum atomic E-state index is 12.8. The number of hydrogen-bond acceptors (Lipinski definition) is 4. The zero-order valence-electron chi connectivity index (χ0n) is 15.9. The van der Waals surface area contributed by atoms with Crippen LogP contribution in [-0.4, -0.2) is 35.3 Å². The normalized spacial score (nSPS) is 16.8. The van der Waals surface area contributed by atoms with Gasteiger partial charge in [0.25, 0.3) is 0 Å². The fourth-order valence-corrected chi connectivity index (χ4v) is 4.73. The molecule has 0 saturated carbocycles. The largest absolute Gasteiger partial charge is 0.496 e. The number of ether oxygens (including phenoxy) is 2. The molecule has 0 radical (unpaired) electrons. The van der Waals surface area contributed by atoms with Crippen molar-refractivity contribution in [3.05, 3.63) is 59.7 Å². The lowest BCUT2D eigenvalue weighted by Gasteiger charge is -2.38. The SMILES string of the molecule is CCc1ccc(S(=O)(=O)NCC2(c3ccccc3OC)CCOCC2)cc1. The van der Waals surface area contributed by atoms with Crippen molar-refractivity contribution in [2.45, 2.75) is 36.5 Å². The Morgan fingerprint density at radius 1 is 1.07 bits per heavy atom. The van der Waals surface area contributed by atoms with E-state index in [1.165, 1.54) is 0 Å². The summed E-state index contributed by atoms with van der Waals surface area (Å²) in [5.41, 5.74) is 1.80. The van der Waals surface area contributed by atoms with Crippen molar-refractivity contribution in [3.63, 3.8) is 0 Å². The molecule has 146 valence electrons. The van der Waals surface area contributed by atoms with Gasteiger partial charge in [-0.05, 0) is 43.0 Å². The standard InChI is InChI=1S/C21H27NO4S/c1-3-17-8-10-18(11-9-17)27(23,24)22-16-21(12-14-26-15-13-21)19-6-4-5-7-20(19)25-2/h4-11,22H,3,12-16H2,1-2H3. The van der Waals surface area contributed by atoms with E-state index in [0.717, 1.165) is 36.1 Å². The van der Waals surface area contributed by atoms with Crippen LogP contribution in [0.5, 0.6) is 5.75 Å². The molecule has 1 fully saturated rings.